The Morgan fingerprint density at radius 2 is 2.03 bits per heavy atom. The summed E-state index contributed by atoms with van der Waals surface area (Å²) in [6.45, 7) is -0.121. The predicted octanol–water partition coefficient (Wildman–Crippen LogP) is -0.0118. The zero-order chi connectivity index (χ0) is 21.8. The lowest BCUT2D eigenvalue weighted by Crippen LogP contribution is -2.35. The first kappa shape index (κ1) is 20.8. The smallest absolute Gasteiger partial charge is 0.329 e. The molecule has 3 rings (SSSR count). The number of aryl methyl sites for hydroxylation is 2. The highest BCUT2D eigenvalue weighted by molar-refractivity contribution is 5.94. The number of hydrogen-bond donors (Lipinski definition) is 3. The van der Waals surface area contributed by atoms with Crippen LogP contribution in [0.5, 0.6) is 5.75 Å². The second-order valence-electron chi connectivity index (χ2n) is 6.73. The fraction of sp³-hybridized carbons (Fsp3) is 0.316. The number of nitrogens with zero attached hydrogens (tertiary/aromatic N) is 3. The van der Waals surface area contributed by atoms with Crippen molar-refractivity contribution in [2.24, 2.45) is 7.05 Å². The number of benzene rings is 1. The van der Waals surface area contributed by atoms with E-state index in [9.17, 15) is 19.2 Å². The summed E-state index contributed by atoms with van der Waals surface area (Å²) in [4.78, 5) is 58.6. The van der Waals surface area contributed by atoms with Crippen LogP contribution in [0, 0.1) is 0 Å². The van der Waals surface area contributed by atoms with Crippen LogP contribution in [0.3, 0.4) is 0 Å². The van der Waals surface area contributed by atoms with Crippen LogP contribution in [-0.2, 0) is 23.1 Å². The van der Waals surface area contributed by atoms with Crippen LogP contribution in [0.2, 0.25) is 0 Å². The molecule has 2 aromatic heterocycles. The maximum Gasteiger partial charge on any atom is 0.329 e. The standard InChI is InChI=1S/C19H22N6O5/c1-24(10-14(26)20-11-5-4-6-12(9-11)30-3)15(27)8-7-13-21-16-17(22-13)25(2)19(29)23-18(16)28/h4-6,9H,7-8,10H2,1-3H3,(H,20,26)(H,21,22)(H,23,28,29). The van der Waals surface area contributed by atoms with Crippen molar-refractivity contribution in [2.75, 3.05) is 26.0 Å². The third-order valence-electron chi connectivity index (χ3n) is 4.54. The number of methoxy groups -OCH3 is 1. The van der Waals surface area contributed by atoms with Crippen molar-refractivity contribution >= 4 is 28.7 Å². The number of nitrogens with one attached hydrogen (secondary N) is 3. The van der Waals surface area contributed by atoms with E-state index in [1.165, 1.54) is 30.7 Å². The van der Waals surface area contributed by atoms with Crippen LogP contribution in [0.25, 0.3) is 11.2 Å². The van der Waals surface area contributed by atoms with E-state index in [1.54, 1.807) is 24.3 Å². The largest absolute Gasteiger partial charge is 0.497 e. The molecule has 3 N–H and O–H groups in total. The first-order chi connectivity index (χ1) is 14.3. The molecular weight excluding hydrogens is 392 g/mol. The molecule has 0 saturated carbocycles. The topological polar surface area (TPSA) is 142 Å². The second kappa shape index (κ2) is 8.64. The molecule has 0 aliphatic carbocycles. The molecule has 0 aliphatic rings. The first-order valence-corrected chi connectivity index (χ1v) is 9.14. The summed E-state index contributed by atoms with van der Waals surface area (Å²) in [7, 11) is 4.55. The Hall–Kier alpha value is -3.89. The van der Waals surface area contributed by atoms with E-state index in [0.29, 0.717) is 17.3 Å². The molecule has 0 atom stereocenters. The van der Waals surface area contributed by atoms with Gasteiger partial charge in [0.2, 0.25) is 11.8 Å². The molecule has 11 nitrogen and oxygen atoms in total. The predicted molar refractivity (Wildman–Crippen MR) is 110 cm³/mol. The summed E-state index contributed by atoms with van der Waals surface area (Å²) in [6, 6.07) is 6.90. The van der Waals surface area contributed by atoms with Crippen molar-refractivity contribution in [1.29, 1.82) is 0 Å². The summed E-state index contributed by atoms with van der Waals surface area (Å²) in [6.07, 6.45) is 0.303. The number of aromatic nitrogens is 4. The highest BCUT2D eigenvalue weighted by atomic mass is 16.5. The van der Waals surface area contributed by atoms with Gasteiger partial charge in [-0.1, -0.05) is 6.07 Å². The Bertz CT molecular complexity index is 1210. The van der Waals surface area contributed by atoms with Crippen molar-refractivity contribution in [1.82, 2.24) is 24.4 Å². The van der Waals surface area contributed by atoms with Gasteiger partial charge in [0, 0.05) is 38.7 Å². The van der Waals surface area contributed by atoms with Gasteiger partial charge in [-0.2, -0.15) is 0 Å². The normalized spacial score (nSPS) is 10.8. The van der Waals surface area contributed by atoms with Crippen LogP contribution in [0.15, 0.2) is 33.9 Å². The number of amides is 2. The summed E-state index contributed by atoms with van der Waals surface area (Å²) in [5.41, 5.74) is -0.172. The first-order valence-electron chi connectivity index (χ1n) is 9.14. The summed E-state index contributed by atoms with van der Waals surface area (Å²) < 4.78 is 6.32. The number of ether oxygens (including phenoxy) is 1. The van der Waals surface area contributed by atoms with Crippen molar-refractivity contribution in [3.05, 3.63) is 50.9 Å². The van der Waals surface area contributed by atoms with E-state index < -0.39 is 11.2 Å². The van der Waals surface area contributed by atoms with Crippen molar-refractivity contribution in [3.8, 4) is 5.75 Å². The molecule has 0 aliphatic heterocycles. The van der Waals surface area contributed by atoms with E-state index in [1.807, 2.05) is 0 Å². The lowest BCUT2D eigenvalue weighted by atomic mass is 10.2. The fourth-order valence-corrected chi connectivity index (χ4v) is 2.89. The third-order valence-corrected chi connectivity index (χ3v) is 4.54. The molecule has 0 unspecified atom stereocenters. The van der Waals surface area contributed by atoms with Gasteiger partial charge in [-0.25, -0.2) is 9.78 Å². The van der Waals surface area contributed by atoms with Gasteiger partial charge in [-0.05, 0) is 12.1 Å². The molecule has 2 amide bonds. The molecule has 0 radical (unpaired) electrons. The number of aromatic amines is 2. The van der Waals surface area contributed by atoms with E-state index >= 15 is 0 Å². The molecule has 2 heterocycles. The quantitative estimate of drug-likeness (QED) is 0.496. The number of fused-ring (bicyclic) bond motifs is 1. The molecular formula is C19H22N6O5. The van der Waals surface area contributed by atoms with Crippen molar-refractivity contribution in [2.45, 2.75) is 12.8 Å². The molecule has 3 aromatic rings. The monoisotopic (exact) mass is 414 g/mol. The summed E-state index contributed by atoms with van der Waals surface area (Å²) >= 11 is 0. The third kappa shape index (κ3) is 4.57. The van der Waals surface area contributed by atoms with Gasteiger partial charge in [0.15, 0.2) is 5.65 Å². The summed E-state index contributed by atoms with van der Waals surface area (Å²) in [5.74, 6) is 0.405. The Morgan fingerprint density at radius 3 is 2.77 bits per heavy atom. The maximum absolute atomic E-state index is 12.4. The number of rotatable bonds is 7. The van der Waals surface area contributed by atoms with Gasteiger partial charge in [0.1, 0.15) is 17.1 Å². The number of imidazole rings is 1. The Morgan fingerprint density at radius 1 is 1.27 bits per heavy atom. The average molecular weight is 414 g/mol. The number of anilines is 1. The zero-order valence-corrected chi connectivity index (χ0v) is 16.8. The van der Waals surface area contributed by atoms with Crippen LogP contribution in [0.1, 0.15) is 12.2 Å². The van der Waals surface area contributed by atoms with Crippen LogP contribution < -0.4 is 21.3 Å². The number of hydrogen-bond acceptors (Lipinski definition) is 6. The number of H-pyrrole nitrogens is 2. The Balaban J connectivity index is 1.58. The molecule has 0 spiro atoms. The highest BCUT2D eigenvalue weighted by Gasteiger charge is 2.16. The van der Waals surface area contributed by atoms with Gasteiger partial charge in [-0.15, -0.1) is 0 Å². The van der Waals surface area contributed by atoms with E-state index in [-0.39, 0.29) is 42.4 Å². The van der Waals surface area contributed by atoms with E-state index in [0.717, 1.165) is 0 Å². The number of carbonyl (C=O) groups excluding carboxylic acids is 2. The van der Waals surface area contributed by atoms with Crippen LogP contribution in [-0.4, -0.2) is 56.9 Å². The minimum atomic E-state index is -0.566. The van der Waals surface area contributed by atoms with Crippen LogP contribution in [0.4, 0.5) is 5.69 Å². The zero-order valence-electron chi connectivity index (χ0n) is 16.8. The van der Waals surface area contributed by atoms with Gasteiger partial charge < -0.3 is 19.9 Å². The van der Waals surface area contributed by atoms with E-state index in [2.05, 4.69) is 20.3 Å². The number of carbonyl (C=O) groups is 2. The highest BCUT2D eigenvalue weighted by Crippen LogP contribution is 2.16. The van der Waals surface area contributed by atoms with Gasteiger partial charge in [0.05, 0.1) is 13.7 Å². The lowest BCUT2D eigenvalue weighted by molar-refractivity contribution is -0.133. The molecule has 1 aromatic carbocycles. The van der Waals surface area contributed by atoms with Gasteiger partial charge in [-0.3, -0.25) is 23.9 Å². The molecule has 0 bridgehead atoms. The second-order valence-corrected chi connectivity index (χ2v) is 6.73. The Labute approximate surface area is 170 Å². The van der Waals surface area contributed by atoms with Crippen molar-refractivity contribution in [3.63, 3.8) is 0 Å². The van der Waals surface area contributed by atoms with Gasteiger partial charge >= 0.3 is 5.69 Å². The SMILES string of the molecule is COc1cccc(NC(=O)CN(C)C(=O)CCc2nc3c([nH]2)c(=O)[nH]c(=O)n3C)c1. The average Bonchev–Trinajstić information content (AvgIpc) is 3.15. The number of likely N-dealkylation sites (N-methyl/N-ethyl adjacent to an activating group) is 1. The van der Waals surface area contributed by atoms with E-state index in [4.69, 9.17) is 4.74 Å². The van der Waals surface area contributed by atoms with Gasteiger partial charge in [0.25, 0.3) is 5.56 Å². The Kier molecular flexibility index (Phi) is 6.00. The summed E-state index contributed by atoms with van der Waals surface area (Å²) in [5, 5.41) is 2.71. The molecule has 158 valence electrons. The van der Waals surface area contributed by atoms with Crippen LogP contribution >= 0.6 is 0 Å². The molecule has 30 heavy (non-hydrogen) atoms. The minimum absolute atomic E-state index is 0.0780. The minimum Gasteiger partial charge on any atom is -0.497 e. The molecule has 0 saturated heterocycles. The maximum atomic E-state index is 12.4. The fourth-order valence-electron chi connectivity index (χ4n) is 2.89. The lowest BCUT2D eigenvalue weighted by Gasteiger charge is -2.16. The molecule has 11 heteroatoms. The molecule has 0 fully saturated rings. The van der Waals surface area contributed by atoms with Crippen molar-refractivity contribution < 1.29 is 14.3 Å².